The maximum atomic E-state index is 13.2. The van der Waals surface area contributed by atoms with E-state index in [4.69, 9.17) is 10.5 Å². The fourth-order valence-corrected chi connectivity index (χ4v) is 4.52. The largest absolute Gasteiger partial charge is 0.369 e. The van der Waals surface area contributed by atoms with E-state index in [0.717, 1.165) is 34.1 Å². The lowest BCUT2D eigenvalue weighted by atomic mass is 9.99. The van der Waals surface area contributed by atoms with Crippen LogP contribution in [0.2, 0.25) is 25.7 Å². The highest BCUT2D eigenvalue weighted by molar-refractivity contribution is 6.76. The van der Waals surface area contributed by atoms with Crippen molar-refractivity contribution >= 4 is 19.7 Å². The number of ether oxygens (including phenoxy) is 1. The molecule has 2 N–H and O–H groups in total. The highest BCUT2D eigenvalue weighted by atomic mass is 28.3. The van der Waals surface area contributed by atoms with Gasteiger partial charge in [-0.05, 0) is 37.6 Å². The Hall–Kier alpha value is -3.30. The molecule has 0 unspecified atom stereocenters. The quantitative estimate of drug-likeness (QED) is 0.327. The minimum Gasteiger partial charge on any atom is -0.369 e. The second kappa shape index (κ2) is 8.91. The van der Waals surface area contributed by atoms with Gasteiger partial charge in [0.15, 0.2) is 5.65 Å². The Kier molecular flexibility index (Phi) is 6.18. The van der Waals surface area contributed by atoms with Crippen molar-refractivity contribution in [2.24, 2.45) is 0 Å². The van der Waals surface area contributed by atoms with Crippen LogP contribution in [0, 0.1) is 13.8 Å². The van der Waals surface area contributed by atoms with Gasteiger partial charge in [-0.2, -0.15) is 4.68 Å². The zero-order chi connectivity index (χ0) is 23.8. The van der Waals surface area contributed by atoms with Gasteiger partial charge < -0.3 is 10.5 Å². The van der Waals surface area contributed by atoms with E-state index in [1.807, 2.05) is 56.3 Å². The number of nitrogen functional groups attached to an aromatic ring is 1. The molecule has 0 fully saturated rings. The summed E-state index contributed by atoms with van der Waals surface area (Å²) in [4.78, 5) is 22.3. The van der Waals surface area contributed by atoms with E-state index in [0.29, 0.717) is 17.9 Å². The molecule has 0 atom stereocenters. The molecular weight excluding hydrogens is 432 g/mol. The van der Waals surface area contributed by atoms with Gasteiger partial charge in [-0.15, -0.1) is 5.10 Å². The predicted octanol–water partition coefficient (Wildman–Crippen LogP) is 4.13. The lowest BCUT2D eigenvalue weighted by molar-refractivity contribution is 0.0761. The van der Waals surface area contributed by atoms with E-state index in [1.165, 1.54) is 9.08 Å². The van der Waals surface area contributed by atoms with Crippen LogP contribution in [0.25, 0.3) is 28.0 Å². The molecule has 8 nitrogen and oxygen atoms in total. The number of anilines is 1. The van der Waals surface area contributed by atoms with Crippen LogP contribution in [-0.4, -0.2) is 38.8 Å². The molecule has 0 aliphatic rings. The second-order valence-corrected chi connectivity index (χ2v) is 15.1. The average molecular weight is 463 g/mol. The van der Waals surface area contributed by atoms with Crippen LogP contribution in [0.5, 0.6) is 0 Å². The van der Waals surface area contributed by atoms with Crippen molar-refractivity contribution in [3.8, 4) is 22.4 Å². The van der Waals surface area contributed by atoms with E-state index in [1.54, 1.807) is 0 Å². The molecule has 3 heterocycles. The highest BCUT2D eigenvalue weighted by Crippen LogP contribution is 2.34. The first kappa shape index (κ1) is 22.9. The van der Waals surface area contributed by atoms with Gasteiger partial charge in [-0.25, -0.2) is 14.2 Å². The van der Waals surface area contributed by atoms with E-state index in [-0.39, 0.29) is 18.4 Å². The van der Waals surface area contributed by atoms with Crippen molar-refractivity contribution in [2.75, 3.05) is 12.3 Å². The molecule has 0 aliphatic carbocycles. The molecule has 4 aromatic rings. The average Bonchev–Trinajstić information content (AvgIpc) is 3.07. The molecule has 3 aromatic heterocycles. The Morgan fingerprint density at radius 1 is 1.00 bits per heavy atom. The van der Waals surface area contributed by atoms with Crippen LogP contribution < -0.4 is 11.4 Å². The molecule has 172 valence electrons. The van der Waals surface area contributed by atoms with Gasteiger partial charge in [0.25, 0.3) is 0 Å². The molecule has 33 heavy (non-hydrogen) atoms. The third-order valence-electron chi connectivity index (χ3n) is 5.38. The molecule has 1 aromatic carbocycles. The molecule has 0 bridgehead atoms. The summed E-state index contributed by atoms with van der Waals surface area (Å²) in [5, 5.41) is 4.64. The van der Waals surface area contributed by atoms with Crippen LogP contribution in [0.1, 0.15) is 11.4 Å². The number of hydrogen-bond acceptors (Lipinski definition) is 6. The van der Waals surface area contributed by atoms with E-state index >= 15 is 0 Å². The Bertz CT molecular complexity index is 1340. The normalized spacial score (nSPS) is 11.9. The standard InChI is InChI=1S/C24H30N6O2Si/c1-16-13-19(14-17(2)26-16)20-21(18-9-7-6-8-10-18)27-23(25)30-22(20)28-29(24(30)31)15-32-11-12-33(3,4)5/h6-10,13-14H,11-12,15H2,1-5H3,(H2,25,27). The minimum absolute atomic E-state index is 0.0684. The minimum atomic E-state index is -1.23. The first-order valence-electron chi connectivity index (χ1n) is 11.0. The monoisotopic (exact) mass is 462 g/mol. The number of rotatable bonds is 7. The lowest BCUT2D eigenvalue weighted by Gasteiger charge is -2.14. The van der Waals surface area contributed by atoms with Crippen molar-refractivity contribution in [1.82, 2.24) is 24.1 Å². The summed E-state index contributed by atoms with van der Waals surface area (Å²) in [6.07, 6.45) is 0. The van der Waals surface area contributed by atoms with Crippen LogP contribution in [-0.2, 0) is 11.5 Å². The fourth-order valence-electron chi connectivity index (χ4n) is 3.77. The first-order valence-corrected chi connectivity index (χ1v) is 14.7. The molecule has 0 spiro atoms. The first-order chi connectivity index (χ1) is 15.6. The summed E-state index contributed by atoms with van der Waals surface area (Å²) < 4.78 is 8.47. The predicted molar refractivity (Wildman–Crippen MR) is 134 cm³/mol. The number of aromatic nitrogens is 5. The number of pyridine rings is 1. The van der Waals surface area contributed by atoms with Gasteiger partial charge in [0, 0.05) is 31.6 Å². The lowest BCUT2D eigenvalue weighted by Crippen LogP contribution is -2.26. The van der Waals surface area contributed by atoms with Gasteiger partial charge in [-0.1, -0.05) is 50.0 Å². The number of benzene rings is 1. The summed E-state index contributed by atoms with van der Waals surface area (Å²) in [6.45, 7) is 11.4. The number of fused-ring (bicyclic) bond motifs is 1. The van der Waals surface area contributed by atoms with E-state index < -0.39 is 8.07 Å². The van der Waals surface area contributed by atoms with Gasteiger partial charge in [0.1, 0.15) is 6.73 Å². The van der Waals surface area contributed by atoms with Crippen LogP contribution in [0.3, 0.4) is 0 Å². The van der Waals surface area contributed by atoms with Crippen molar-refractivity contribution in [1.29, 1.82) is 0 Å². The summed E-state index contributed by atoms with van der Waals surface area (Å²) in [7, 11) is -1.23. The molecule has 0 saturated heterocycles. The van der Waals surface area contributed by atoms with Crippen LogP contribution in [0.4, 0.5) is 5.95 Å². The highest BCUT2D eigenvalue weighted by Gasteiger charge is 2.22. The van der Waals surface area contributed by atoms with Gasteiger partial charge in [0.2, 0.25) is 5.95 Å². The van der Waals surface area contributed by atoms with E-state index in [2.05, 4.69) is 34.7 Å². The van der Waals surface area contributed by atoms with Crippen LogP contribution in [0.15, 0.2) is 47.3 Å². The number of nitrogens with zero attached hydrogens (tertiary/aromatic N) is 5. The molecule has 4 rings (SSSR count). The third-order valence-corrected chi connectivity index (χ3v) is 7.09. The summed E-state index contributed by atoms with van der Waals surface area (Å²) >= 11 is 0. The van der Waals surface area contributed by atoms with Crippen molar-refractivity contribution in [3.05, 3.63) is 64.3 Å². The van der Waals surface area contributed by atoms with Gasteiger partial charge >= 0.3 is 5.69 Å². The maximum absolute atomic E-state index is 13.2. The third kappa shape index (κ3) is 4.89. The molecule has 0 amide bonds. The summed E-state index contributed by atoms with van der Waals surface area (Å²) in [5.41, 5.74) is 11.3. The Morgan fingerprint density at radius 2 is 1.67 bits per heavy atom. The zero-order valence-electron chi connectivity index (χ0n) is 19.8. The Labute approximate surface area is 194 Å². The van der Waals surface area contributed by atoms with Gasteiger partial charge in [0.05, 0.1) is 11.3 Å². The zero-order valence-corrected chi connectivity index (χ0v) is 20.8. The number of aryl methyl sites for hydroxylation is 2. The second-order valence-electron chi connectivity index (χ2n) is 9.49. The molecule has 0 aliphatic heterocycles. The Morgan fingerprint density at radius 3 is 2.30 bits per heavy atom. The summed E-state index contributed by atoms with van der Waals surface area (Å²) in [5.74, 6) is 0.0912. The molecular formula is C24H30N6O2Si. The topological polar surface area (TPSA) is 100 Å². The van der Waals surface area contributed by atoms with Crippen molar-refractivity contribution in [2.45, 2.75) is 46.3 Å². The molecule has 9 heteroatoms. The fraction of sp³-hybridized carbons (Fsp3) is 0.333. The summed E-state index contributed by atoms with van der Waals surface area (Å²) in [6, 6.07) is 14.7. The molecule has 0 radical (unpaired) electrons. The Balaban J connectivity index is 1.89. The maximum Gasteiger partial charge on any atom is 0.355 e. The van der Waals surface area contributed by atoms with Crippen molar-refractivity contribution < 1.29 is 4.74 Å². The molecule has 0 saturated carbocycles. The number of nitrogens with two attached hydrogens (primary N) is 1. The number of hydrogen-bond donors (Lipinski definition) is 1. The van der Waals surface area contributed by atoms with Crippen LogP contribution >= 0.6 is 0 Å². The van der Waals surface area contributed by atoms with E-state index in [9.17, 15) is 4.79 Å². The van der Waals surface area contributed by atoms with Gasteiger partial charge in [-0.3, -0.25) is 4.98 Å². The smallest absolute Gasteiger partial charge is 0.355 e. The SMILES string of the molecule is Cc1cc(-c2c(-c3ccccc3)nc(N)n3c(=O)n(COCC[Si](C)(C)C)nc23)cc(C)n1. The van der Waals surface area contributed by atoms with Crippen molar-refractivity contribution in [3.63, 3.8) is 0 Å².